The van der Waals surface area contributed by atoms with E-state index in [1.165, 1.54) is 0 Å². The number of likely N-dealkylation sites (N-methyl/N-ethyl adjacent to an activating group) is 1. The van der Waals surface area contributed by atoms with E-state index in [9.17, 15) is 4.79 Å². The molecule has 0 bridgehead atoms. The zero-order valence-electron chi connectivity index (χ0n) is 10.9. The molecular weight excluding hydrogens is 204 g/mol. The summed E-state index contributed by atoms with van der Waals surface area (Å²) in [7, 11) is 2.05. The molecule has 1 fully saturated rings. The molecule has 0 aromatic carbocycles. The van der Waals surface area contributed by atoms with Gasteiger partial charge in [0.15, 0.2) is 0 Å². The van der Waals surface area contributed by atoms with Crippen molar-refractivity contribution in [3.63, 3.8) is 0 Å². The Bertz CT molecular complexity index is 233. The second-order valence-corrected chi connectivity index (χ2v) is 4.70. The molecule has 16 heavy (non-hydrogen) atoms. The van der Waals surface area contributed by atoms with Crippen LogP contribution in [-0.2, 0) is 9.53 Å². The van der Waals surface area contributed by atoms with Gasteiger partial charge in [0, 0.05) is 12.6 Å². The summed E-state index contributed by atoms with van der Waals surface area (Å²) in [5.41, 5.74) is -0.486. The van der Waals surface area contributed by atoms with E-state index in [1.807, 2.05) is 6.92 Å². The topological polar surface area (TPSA) is 41.6 Å². The SMILES string of the molecule is CCCNC1(C(=O)OCC)CC(C)N(C)C1. The van der Waals surface area contributed by atoms with Crippen LogP contribution in [0.2, 0.25) is 0 Å². The summed E-state index contributed by atoms with van der Waals surface area (Å²) in [6.07, 6.45) is 1.86. The summed E-state index contributed by atoms with van der Waals surface area (Å²) in [5.74, 6) is -0.0975. The predicted molar refractivity (Wildman–Crippen MR) is 64.4 cm³/mol. The number of nitrogens with zero attached hydrogens (tertiary/aromatic N) is 1. The summed E-state index contributed by atoms with van der Waals surface area (Å²) in [4.78, 5) is 14.3. The molecule has 1 aliphatic heterocycles. The fourth-order valence-electron chi connectivity index (χ4n) is 2.29. The quantitative estimate of drug-likeness (QED) is 0.713. The van der Waals surface area contributed by atoms with Crippen LogP contribution in [-0.4, -0.2) is 49.2 Å². The smallest absolute Gasteiger partial charge is 0.327 e. The minimum atomic E-state index is -0.486. The van der Waals surface area contributed by atoms with Crippen molar-refractivity contribution >= 4 is 5.97 Å². The molecule has 0 aliphatic carbocycles. The number of likely N-dealkylation sites (tertiary alicyclic amines) is 1. The van der Waals surface area contributed by atoms with Gasteiger partial charge >= 0.3 is 5.97 Å². The Kier molecular flexibility index (Phi) is 4.74. The van der Waals surface area contributed by atoms with Gasteiger partial charge in [-0.1, -0.05) is 6.92 Å². The number of nitrogens with one attached hydrogen (secondary N) is 1. The van der Waals surface area contributed by atoms with Crippen LogP contribution < -0.4 is 5.32 Å². The predicted octanol–water partition coefficient (Wildman–Crippen LogP) is 1.01. The van der Waals surface area contributed by atoms with Gasteiger partial charge in [0.25, 0.3) is 0 Å². The molecule has 1 N–H and O–H groups in total. The van der Waals surface area contributed by atoms with Gasteiger partial charge < -0.3 is 15.0 Å². The summed E-state index contributed by atoms with van der Waals surface area (Å²) in [6.45, 7) is 8.16. The lowest BCUT2D eigenvalue weighted by Crippen LogP contribution is -2.54. The molecule has 2 unspecified atom stereocenters. The van der Waals surface area contributed by atoms with Gasteiger partial charge in [-0.3, -0.25) is 0 Å². The molecule has 4 heteroatoms. The second kappa shape index (κ2) is 5.64. The minimum absolute atomic E-state index is 0.0975. The molecule has 0 aromatic heterocycles. The number of hydrogen-bond acceptors (Lipinski definition) is 4. The Morgan fingerprint density at radius 2 is 2.25 bits per heavy atom. The Morgan fingerprint density at radius 1 is 1.56 bits per heavy atom. The Labute approximate surface area is 98.3 Å². The van der Waals surface area contributed by atoms with Crippen molar-refractivity contribution in [3.05, 3.63) is 0 Å². The summed E-state index contributed by atoms with van der Waals surface area (Å²) >= 11 is 0. The van der Waals surface area contributed by atoms with Gasteiger partial charge in [-0.2, -0.15) is 0 Å². The lowest BCUT2D eigenvalue weighted by molar-refractivity contribution is -0.150. The summed E-state index contributed by atoms with van der Waals surface area (Å²) in [6, 6.07) is 0.425. The third-order valence-electron chi connectivity index (χ3n) is 3.30. The third-order valence-corrected chi connectivity index (χ3v) is 3.30. The molecule has 0 radical (unpaired) electrons. The normalized spacial score (nSPS) is 30.6. The molecule has 4 nitrogen and oxygen atoms in total. The molecule has 2 atom stereocenters. The molecule has 0 amide bonds. The molecule has 1 rings (SSSR count). The fourth-order valence-corrected chi connectivity index (χ4v) is 2.29. The average Bonchev–Trinajstić information content (AvgIpc) is 2.54. The summed E-state index contributed by atoms with van der Waals surface area (Å²) in [5, 5.41) is 3.37. The van der Waals surface area contributed by atoms with Crippen LogP contribution in [0.25, 0.3) is 0 Å². The standard InChI is InChI=1S/C12H24N2O2/c1-5-7-13-12(11(15)16-6-2)8-10(3)14(4)9-12/h10,13H,5-9H2,1-4H3. The van der Waals surface area contributed by atoms with E-state index in [-0.39, 0.29) is 5.97 Å². The van der Waals surface area contributed by atoms with Crippen LogP contribution in [0.3, 0.4) is 0 Å². The molecule has 0 saturated carbocycles. The lowest BCUT2D eigenvalue weighted by atomic mass is 9.96. The van der Waals surface area contributed by atoms with Crippen LogP contribution in [0.5, 0.6) is 0 Å². The van der Waals surface area contributed by atoms with Gasteiger partial charge in [-0.25, -0.2) is 4.79 Å². The fraction of sp³-hybridized carbons (Fsp3) is 0.917. The van der Waals surface area contributed by atoms with Crippen LogP contribution in [0.15, 0.2) is 0 Å². The number of hydrogen-bond donors (Lipinski definition) is 1. The highest BCUT2D eigenvalue weighted by atomic mass is 16.5. The van der Waals surface area contributed by atoms with E-state index in [1.54, 1.807) is 0 Å². The van der Waals surface area contributed by atoms with Crippen molar-refractivity contribution in [3.8, 4) is 0 Å². The highest BCUT2D eigenvalue weighted by Crippen LogP contribution is 2.27. The van der Waals surface area contributed by atoms with Crippen molar-refractivity contribution < 1.29 is 9.53 Å². The Balaban J connectivity index is 2.73. The molecule has 1 aliphatic rings. The highest BCUT2D eigenvalue weighted by Gasteiger charge is 2.47. The van der Waals surface area contributed by atoms with Gasteiger partial charge in [-0.05, 0) is 40.3 Å². The maximum Gasteiger partial charge on any atom is 0.327 e. The van der Waals surface area contributed by atoms with Gasteiger partial charge in [0.05, 0.1) is 6.61 Å². The van der Waals surface area contributed by atoms with Crippen molar-refractivity contribution in [2.45, 2.75) is 45.2 Å². The van der Waals surface area contributed by atoms with E-state index in [0.717, 1.165) is 25.9 Å². The van der Waals surface area contributed by atoms with E-state index in [0.29, 0.717) is 12.6 Å². The molecule has 94 valence electrons. The van der Waals surface area contributed by atoms with Crippen LogP contribution in [0.1, 0.15) is 33.6 Å². The first-order valence-electron chi connectivity index (χ1n) is 6.18. The molecular formula is C12H24N2O2. The first-order chi connectivity index (χ1) is 7.55. The third kappa shape index (κ3) is 2.74. The maximum atomic E-state index is 12.1. The Morgan fingerprint density at radius 3 is 2.69 bits per heavy atom. The first-order valence-corrected chi connectivity index (χ1v) is 6.18. The Hall–Kier alpha value is -0.610. The van der Waals surface area contributed by atoms with Crippen molar-refractivity contribution in [1.82, 2.24) is 10.2 Å². The number of carbonyl (C=O) groups excluding carboxylic acids is 1. The van der Waals surface area contributed by atoms with Crippen LogP contribution in [0, 0.1) is 0 Å². The number of rotatable bonds is 5. The van der Waals surface area contributed by atoms with E-state index >= 15 is 0 Å². The first kappa shape index (κ1) is 13.5. The maximum absolute atomic E-state index is 12.1. The zero-order valence-corrected chi connectivity index (χ0v) is 10.9. The monoisotopic (exact) mass is 228 g/mol. The number of ether oxygens (including phenoxy) is 1. The van der Waals surface area contributed by atoms with Gasteiger partial charge in [0.2, 0.25) is 0 Å². The van der Waals surface area contributed by atoms with Gasteiger partial charge in [0.1, 0.15) is 5.54 Å². The van der Waals surface area contributed by atoms with E-state index in [4.69, 9.17) is 4.74 Å². The molecule has 1 saturated heterocycles. The lowest BCUT2D eigenvalue weighted by Gasteiger charge is -2.27. The van der Waals surface area contributed by atoms with Crippen molar-refractivity contribution in [2.75, 3.05) is 26.7 Å². The molecule has 1 heterocycles. The minimum Gasteiger partial charge on any atom is -0.465 e. The largest absolute Gasteiger partial charge is 0.465 e. The van der Waals surface area contributed by atoms with Crippen LogP contribution >= 0.6 is 0 Å². The summed E-state index contributed by atoms with van der Waals surface area (Å²) < 4.78 is 5.19. The number of esters is 1. The second-order valence-electron chi connectivity index (χ2n) is 4.70. The van der Waals surface area contributed by atoms with Crippen molar-refractivity contribution in [1.29, 1.82) is 0 Å². The zero-order chi connectivity index (χ0) is 12.2. The van der Waals surface area contributed by atoms with E-state index < -0.39 is 5.54 Å². The molecule has 0 spiro atoms. The van der Waals surface area contributed by atoms with Crippen LogP contribution in [0.4, 0.5) is 0 Å². The average molecular weight is 228 g/mol. The number of carbonyl (C=O) groups is 1. The van der Waals surface area contributed by atoms with Crippen molar-refractivity contribution in [2.24, 2.45) is 0 Å². The highest BCUT2D eigenvalue weighted by molar-refractivity contribution is 5.81. The molecule has 0 aromatic rings. The van der Waals surface area contributed by atoms with Gasteiger partial charge in [-0.15, -0.1) is 0 Å². The van der Waals surface area contributed by atoms with E-state index in [2.05, 4.69) is 31.1 Å².